The zero-order valence-electron chi connectivity index (χ0n) is 14.9. The van der Waals surface area contributed by atoms with Crippen LogP contribution in [-0.4, -0.2) is 50.9 Å². The molecule has 140 valence electrons. The molecule has 8 nitrogen and oxygen atoms in total. The number of aromatic nitrogens is 3. The lowest BCUT2D eigenvalue weighted by Crippen LogP contribution is -2.39. The Morgan fingerprint density at radius 2 is 1.85 bits per heavy atom. The highest BCUT2D eigenvalue weighted by Crippen LogP contribution is 2.29. The number of carbonyl (C=O) groups excluding carboxylic acids is 2. The Hall–Kier alpha value is -2.46. The number of thioether (sulfide) groups is 1. The smallest absolute Gasteiger partial charge is 0.318 e. The standard InChI is InChI=1S/C16H21FN6O2S/c1-9(22(3)4)13-20-21-16(26-10(2)14(24)19-15(18)25)23(13)12-7-5-11(17)6-8-12/h5-10H,1-4H3,(H3,18,19,24,25)/t9-,10-/m1/s1. The number of hydrogen-bond donors (Lipinski definition) is 2. The Labute approximate surface area is 154 Å². The minimum absolute atomic E-state index is 0.0725. The van der Waals surface area contributed by atoms with Gasteiger partial charge in [0.15, 0.2) is 11.0 Å². The lowest BCUT2D eigenvalue weighted by Gasteiger charge is -2.20. The highest BCUT2D eigenvalue weighted by Gasteiger charge is 2.24. The molecule has 0 unspecified atom stereocenters. The molecule has 10 heteroatoms. The van der Waals surface area contributed by atoms with E-state index in [1.165, 1.54) is 12.1 Å². The molecule has 3 N–H and O–H groups in total. The van der Waals surface area contributed by atoms with E-state index in [0.717, 1.165) is 11.8 Å². The van der Waals surface area contributed by atoms with Crippen LogP contribution >= 0.6 is 11.8 Å². The molecule has 2 rings (SSSR count). The molecule has 1 aromatic heterocycles. The Balaban J connectivity index is 2.41. The molecular weight excluding hydrogens is 359 g/mol. The van der Waals surface area contributed by atoms with E-state index in [-0.39, 0.29) is 11.9 Å². The maximum Gasteiger partial charge on any atom is 0.318 e. The number of hydrogen-bond acceptors (Lipinski definition) is 6. The lowest BCUT2D eigenvalue weighted by atomic mass is 10.2. The molecule has 0 aliphatic rings. The third-order valence-electron chi connectivity index (χ3n) is 3.79. The van der Waals surface area contributed by atoms with Crippen LogP contribution in [0.3, 0.4) is 0 Å². The zero-order valence-corrected chi connectivity index (χ0v) is 15.7. The van der Waals surface area contributed by atoms with E-state index in [0.29, 0.717) is 16.7 Å². The number of benzene rings is 1. The molecule has 0 aliphatic heterocycles. The number of rotatable bonds is 6. The van der Waals surface area contributed by atoms with Crippen LogP contribution in [0.4, 0.5) is 9.18 Å². The van der Waals surface area contributed by atoms with Crippen LogP contribution in [0, 0.1) is 5.82 Å². The van der Waals surface area contributed by atoms with E-state index in [4.69, 9.17) is 5.73 Å². The van der Waals surface area contributed by atoms with E-state index in [2.05, 4.69) is 10.2 Å². The van der Waals surface area contributed by atoms with Crippen molar-refractivity contribution in [3.05, 3.63) is 35.9 Å². The van der Waals surface area contributed by atoms with Gasteiger partial charge >= 0.3 is 6.03 Å². The number of nitrogens with two attached hydrogens (primary N) is 1. The zero-order chi connectivity index (χ0) is 19.4. The molecule has 0 radical (unpaired) electrons. The third-order valence-corrected chi connectivity index (χ3v) is 4.83. The van der Waals surface area contributed by atoms with Gasteiger partial charge in [-0.3, -0.25) is 19.6 Å². The van der Waals surface area contributed by atoms with Gasteiger partial charge in [0.25, 0.3) is 0 Å². The SMILES string of the molecule is C[C@H](c1nnc(S[C@H](C)C(=O)NC(N)=O)n1-c1ccc(F)cc1)N(C)C. The highest BCUT2D eigenvalue weighted by molar-refractivity contribution is 8.00. The van der Waals surface area contributed by atoms with Gasteiger partial charge in [0, 0.05) is 5.69 Å². The number of halogens is 1. The van der Waals surface area contributed by atoms with Gasteiger partial charge < -0.3 is 5.73 Å². The summed E-state index contributed by atoms with van der Waals surface area (Å²) >= 11 is 1.13. The maximum atomic E-state index is 13.3. The van der Waals surface area contributed by atoms with Crippen molar-refractivity contribution in [3.8, 4) is 5.69 Å². The molecule has 0 spiro atoms. The van der Waals surface area contributed by atoms with Gasteiger partial charge in [0.2, 0.25) is 5.91 Å². The fraction of sp³-hybridized carbons (Fsp3) is 0.375. The molecule has 0 saturated heterocycles. The molecule has 1 heterocycles. The van der Waals surface area contributed by atoms with Crippen molar-refractivity contribution in [3.63, 3.8) is 0 Å². The first kappa shape index (κ1) is 19.9. The summed E-state index contributed by atoms with van der Waals surface area (Å²) in [6, 6.07) is 4.93. The molecular formula is C16H21FN6O2S. The van der Waals surface area contributed by atoms with Gasteiger partial charge in [0.1, 0.15) is 5.82 Å². The van der Waals surface area contributed by atoms with E-state index in [1.54, 1.807) is 23.6 Å². The summed E-state index contributed by atoms with van der Waals surface area (Å²) in [6.07, 6.45) is 0. The molecule has 2 atom stereocenters. The number of imide groups is 1. The van der Waals surface area contributed by atoms with Crippen LogP contribution in [0.25, 0.3) is 5.69 Å². The average molecular weight is 380 g/mol. The van der Waals surface area contributed by atoms with E-state index in [1.807, 2.05) is 31.2 Å². The summed E-state index contributed by atoms with van der Waals surface area (Å²) in [5, 5.41) is 10.3. The maximum absolute atomic E-state index is 13.3. The molecule has 2 aromatic rings. The summed E-state index contributed by atoms with van der Waals surface area (Å²) in [4.78, 5) is 24.8. The number of nitrogens with zero attached hydrogens (tertiary/aromatic N) is 4. The van der Waals surface area contributed by atoms with Crippen molar-refractivity contribution in [1.82, 2.24) is 25.0 Å². The third kappa shape index (κ3) is 4.58. The molecule has 26 heavy (non-hydrogen) atoms. The quantitative estimate of drug-likeness (QED) is 0.739. The Bertz CT molecular complexity index is 793. The van der Waals surface area contributed by atoms with Crippen LogP contribution in [0.1, 0.15) is 25.7 Å². The minimum Gasteiger partial charge on any atom is -0.351 e. The van der Waals surface area contributed by atoms with Crippen molar-refractivity contribution in [2.45, 2.75) is 30.3 Å². The first-order chi connectivity index (χ1) is 12.2. The topological polar surface area (TPSA) is 106 Å². The fourth-order valence-corrected chi connectivity index (χ4v) is 3.00. The fourth-order valence-electron chi connectivity index (χ4n) is 2.13. The monoisotopic (exact) mass is 380 g/mol. The van der Waals surface area contributed by atoms with Crippen LogP contribution in [0.5, 0.6) is 0 Å². The molecule has 0 saturated carbocycles. The molecule has 0 aliphatic carbocycles. The van der Waals surface area contributed by atoms with Crippen LogP contribution in [-0.2, 0) is 4.79 Å². The summed E-state index contributed by atoms with van der Waals surface area (Å²) in [5.41, 5.74) is 5.65. The average Bonchev–Trinajstić information content (AvgIpc) is 2.97. The normalized spacial score (nSPS) is 13.5. The lowest BCUT2D eigenvalue weighted by molar-refractivity contribution is -0.119. The summed E-state index contributed by atoms with van der Waals surface area (Å²) < 4.78 is 15.1. The van der Waals surface area contributed by atoms with Crippen molar-refractivity contribution in [1.29, 1.82) is 0 Å². The summed E-state index contributed by atoms with van der Waals surface area (Å²) in [5.74, 6) is -0.238. The first-order valence-corrected chi connectivity index (χ1v) is 8.73. The van der Waals surface area contributed by atoms with E-state index < -0.39 is 17.2 Å². The number of nitrogens with one attached hydrogen (secondary N) is 1. The van der Waals surface area contributed by atoms with Crippen LogP contribution in [0.2, 0.25) is 0 Å². The second-order valence-electron chi connectivity index (χ2n) is 5.91. The predicted octanol–water partition coefficient (Wildman–Crippen LogP) is 1.70. The second kappa shape index (κ2) is 8.28. The Kier molecular flexibility index (Phi) is 6.32. The minimum atomic E-state index is -0.913. The Morgan fingerprint density at radius 1 is 1.23 bits per heavy atom. The highest BCUT2D eigenvalue weighted by atomic mass is 32.2. The number of amides is 3. The number of primary amides is 1. The van der Waals surface area contributed by atoms with E-state index >= 15 is 0 Å². The van der Waals surface area contributed by atoms with Gasteiger partial charge in [-0.25, -0.2) is 9.18 Å². The van der Waals surface area contributed by atoms with Crippen molar-refractivity contribution < 1.29 is 14.0 Å². The largest absolute Gasteiger partial charge is 0.351 e. The van der Waals surface area contributed by atoms with Gasteiger partial charge in [-0.1, -0.05) is 11.8 Å². The number of urea groups is 1. The van der Waals surface area contributed by atoms with Crippen molar-refractivity contribution in [2.24, 2.45) is 5.73 Å². The first-order valence-electron chi connectivity index (χ1n) is 7.85. The van der Waals surface area contributed by atoms with Crippen LogP contribution in [0.15, 0.2) is 29.4 Å². The molecule has 0 bridgehead atoms. The van der Waals surface area contributed by atoms with Gasteiger partial charge in [-0.15, -0.1) is 10.2 Å². The number of carbonyl (C=O) groups is 2. The molecule has 1 aromatic carbocycles. The summed E-state index contributed by atoms with van der Waals surface area (Å²) in [6.45, 7) is 3.59. The Morgan fingerprint density at radius 3 is 2.38 bits per heavy atom. The van der Waals surface area contributed by atoms with Crippen molar-refractivity contribution >= 4 is 23.7 Å². The summed E-state index contributed by atoms with van der Waals surface area (Å²) in [7, 11) is 3.81. The molecule has 3 amide bonds. The predicted molar refractivity (Wildman–Crippen MR) is 96.5 cm³/mol. The van der Waals surface area contributed by atoms with Gasteiger partial charge in [-0.05, 0) is 52.2 Å². The van der Waals surface area contributed by atoms with Gasteiger partial charge in [-0.2, -0.15) is 0 Å². The molecule has 0 fully saturated rings. The van der Waals surface area contributed by atoms with E-state index in [9.17, 15) is 14.0 Å². The van der Waals surface area contributed by atoms with Crippen molar-refractivity contribution in [2.75, 3.05) is 14.1 Å². The van der Waals surface area contributed by atoms with Gasteiger partial charge in [0.05, 0.1) is 11.3 Å². The second-order valence-corrected chi connectivity index (χ2v) is 7.21. The van der Waals surface area contributed by atoms with Crippen LogP contribution < -0.4 is 11.1 Å².